The molecule has 5 heteroatoms. The molecule has 3 nitrogen and oxygen atoms in total. The van der Waals surface area contributed by atoms with Gasteiger partial charge in [0.15, 0.2) is 11.6 Å². The molecule has 0 saturated carbocycles. The molecule has 1 aromatic heterocycles. The molecule has 0 bridgehead atoms. The van der Waals surface area contributed by atoms with Gasteiger partial charge in [-0.15, -0.1) is 0 Å². The average Bonchev–Trinajstić information content (AvgIpc) is 2.49. The predicted octanol–water partition coefficient (Wildman–Crippen LogP) is 3.76. The second kappa shape index (κ2) is 3.98. The molecular weight excluding hydrogens is 324 g/mol. The summed E-state index contributed by atoms with van der Waals surface area (Å²) in [5, 5.41) is 3.69. The van der Waals surface area contributed by atoms with Crippen molar-refractivity contribution >= 4 is 37.7 Å². The van der Waals surface area contributed by atoms with Crippen LogP contribution in [0.15, 0.2) is 31.7 Å². The largest absolute Gasteiger partial charge is 0.380 e. The van der Waals surface area contributed by atoms with Gasteiger partial charge in [-0.1, -0.05) is 27.2 Å². The Morgan fingerprint density at radius 1 is 1.33 bits per heavy atom. The van der Waals surface area contributed by atoms with E-state index < -0.39 is 0 Å². The Morgan fingerprint density at radius 2 is 2.07 bits per heavy atom. The van der Waals surface area contributed by atoms with Gasteiger partial charge in [0.1, 0.15) is 4.47 Å². The molecule has 0 aliphatic carbocycles. The number of halogens is 2. The molecule has 0 atom stereocenters. The van der Waals surface area contributed by atoms with E-state index in [1.54, 1.807) is 0 Å². The number of benzene rings is 1. The molecule has 0 spiro atoms. The van der Waals surface area contributed by atoms with Crippen molar-refractivity contribution in [1.29, 1.82) is 0 Å². The summed E-state index contributed by atoms with van der Waals surface area (Å²) in [5.74, 6) is 0.997. The molecule has 78 valence electrons. The first kappa shape index (κ1) is 10.7. The van der Waals surface area contributed by atoms with Crippen LogP contribution in [0.1, 0.15) is 5.56 Å². The van der Waals surface area contributed by atoms with E-state index in [-0.39, 0.29) is 0 Å². The third-order valence-corrected chi connectivity index (χ3v) is 3.45. The smallest absolute Gasteiger partial charge is 0.184 e. The van der Waals surface area contributed by atoms with Crippen LogP contribution in [-0.4, -0.2) is 5.16 Å². The van der Waals surface area contributed by atoms with Crippen LogP contribution in [0.2, 0.25) is 0 Å². The standard InChI is InChI=1S/C10H8Br2N2O/c1-5-2-3-6(7(11)4-5)9-8(12)10(13)14-15-9/h2-4H,1H3,(H2,13,14). The zero-order valence-electron chi connectivity index (χ0n) is 7.92. The molecule has 0 unspecified atom stereocenters. The van der Waals surface area contributed by atoms with E-state index in [1.165, 1.54) is 5.56 Å². The number of hydrogen-bond acceptors (Lipinski definition) is 3. The SMILES string of the molecule is Cc1ccc(-c2onc(N)c2Br)c(Br)c1. The molecule has 0 aliphatic heterocycles. The lowest BCUT2D eigenvalue weighted by atomic mass is 10.1. The minimum Gasteiger partial charge on any atom is -0.380 e. The Morgan fingerprint density at radius 3 is 2.60 bits per heavy atom. The van der Waals surface area contributed by atoms with Crippen molar-refractivity contribution < 1.29 is 4.52 Å². The van der Waals surface area contributed by atoms with Crippen molar-refractivity contribution in [1.82, 2.24) is 5.16 Å². The lowest BCUT2D eigenvalue weighted by molar-refractivity contribution is 0.435. The van der Waals surface area contributed by atoms with E-state index in [9.17, 15) is 0 Å². The highest BCUT2D eigenvalue weighted by Crippen LogP contribution is 2.36. The van der Waals surface area contributed by atoms with Crippen LogP contribution in [0.3, 0.4) is 0 Å². The Balaban J connectivity index is 2.59. The highest BCUT2D eigenvalue weighted by Gasteiger charge is 2.15. The number of nitrogens with two attached hydrogens (primary N) is 1. The van der Waals surface area contributed by atoms with Crippen LogP contribution in [0, 0.1) is 6.92 Å². The lowest BCUT2D eigenvalue weighted by Gasteiger charge is -2.01. The summed E-state index contributed by atoms with van der Waals surface area (Å²) in [6.07, 6.45) is 0. The van der Waals surface area contributed by atoms with E-state index in [1.807, 2.05) is 25.1 Å². The Labute approximate surface area is 104 Å². The second-order valence-corrected chi connectivity index (χ2v) is 4.84. The maximum absolute atomic E-state index is 5.59. The third kappa shape index (κ3) is 1.94. The normalized spacial score (nSPS) is 10.6. The van der Waals surface area contributed by atoms with Crippen LogP contribution >= 0.6 is 31.9 Å². The number of nitrogens with zero attached hydrogens (tertiary/aromatic N) is 1. The molecule has 1 heterocycles. The molecule has 0 radical (unpaired) electrons. The summed E-state index contributed by atoms with van der Waals surface area (Å²) < 4.78 is 6.79. The average molecular weight is 332 g/mol. The first-order valence-corrected chi connectivity index (χ1v) is 5.85. The monoisotopic (exact) mass is 330 g/mol. The van der Waals surface area contributed by atoms with Crippen molar-refractivity contribution in [3.63, 3.8) is 0 Å². The number of nitrogen functional groups attached to an aromatic ring is 1. The van der Waals surface area contributed by atoms with E-state index in [0.717, 1.165) is 10.0 Å². The Kier molecular flexibility index (Phi) is 2.84. The lowest BCUT2D eigenvalue weighted by Crippen LogP contribution is -1.84. The molecule has 2 aromatic rings. The summed E-state index contributed by atoms with van der Waals surface area (Å²) in [5.41, 5.74) is 7.69. The topological polar surface area (TPSA) is 52.0 Å². The zero-order chi connectivity index (χ0) is 11.0. The van der Waals surface area contributed by atoms with Gasteiger partial charge in [-0.05, 0) is 40.5 Å². The van der Waals surface area contributed by atoms with E-state index >= 15 is 0 Å². The minimum absolute atomic E-state index is 0.359. The fraction of sp³-hybridized carbons (Fsp3) is 0.100. The van der Waals surface area contributed by atoms with Crippen LogP contribution in [-0.2, 0) is 0 Å². The number of aryl methyl sites for hydroxylation is 1. The minimum atomic E-state index is 0.359. The zero-order valence-corrected chi connectivity index (χ0v) is 11.1. The van der Waals surface area contributed by atoms with Crippen LogP contribution in [0.25, 0.3) is 11.3 Å². The van der Waals surface area contributed by atoms with Crippen molar-refractivity contribution in [3.05, 3.63) is 32.7 Å². The fourth-order valence-electron chi connectivity index (χ4n) is 1.26. The van der Waals surface area contributed by atoms with Crippen LogP contribution in [0.5, 0.6) is 0 Å². The highest BCUT2D eigenvalue weighted by molar-refractivity contribution is 9.11. The summed E-state index contributed by atoms with van der Waals surface area (Å²) in [6, 6.07) is 5.98. The van der Waals surface area contributed by atoms with Gasteiger partial charge in [0.05, 0.1) is 0 Å². The molecule has 0 saturated heterocycles. The molecule has 0 fully saturated rings. The number of aromatic nitrogens is 1. The van der Waals surface area contributed by atoms with Crippen molar-refractivity contribution in [3.8, 4) is 11.3 Å². The van der Waals surface area contributed by atoms with Gasteiger partial charge in [-0.2, -0.15) is 0 Å². The quantitative estimate of drug-likeness (QED) is 0.865. The van der Waals surface area contributed by atoms with Crippen molar-refractivity contribution in [2.24, 2.45) is 0 Å². The molecule has 0 aliphatic rings. The molecule has 1 aromatic carbocycles. The maximum atomic E-state index is 5.59. The first-order chi connectivity index (χ1) is 7.09. The second-order valence-electron chi connectivity index (χ2n) is 3.19. The highest BCUT2D eigenvalue weighted by atomic mass is 79.9. The summed E-state index contributed by atoms with van der Waals surface area (Å²) in [7, 11) is 0. The first-order valence-electron chi connectivity index (χ1n) is 4.26. The fourth-order valence-corrected chi connectivity index (χ4v) is 2.29. The molecule has 2 N–H and O–H groups in total. The van der Waals surface area contributed by atoms with E-state index in [4.69, 9.17) is 10.3 Å². The van der Waals surface area contributed by atoms with Crippen LogP contribution < -0.4 is 5.73 Å². The maximum Gasteiger partial charge on any atom is 0.184 e. The molecule has 2 rings (SSSR count). The van der Waals surface area contributed by atoms with Gasteiger partial charge in [0, 0.05) is 10.0 Å². The molecule has 0 amide bonds. The number of rotatable bonds is 1. The Bertz CT molecular complexity index is 508. The van der Waals surface area contributed by atoms with Gasteiger partial charge < -0.3 is 10.3 Å². The molecule has 15 heavy (non-hydrogen) atoms. The van der Waals surface area contributed by atoms with E-state index in [2.05, 4.69) is 37.0 Å². The number of hydrogen-bond donors (Lipinski definition) is 1. The van der Waals surface area contributed by atoms with Crippen molar-refractivity contribution in [2.45, 2.75) is 6.92 Å². The molecular formula is C10H8Br2N2O. The van der Waals surface area contributed by atoms with E-state index in [0.29, 0.717) is 16.1 Å². The van der Waals surface area contributed by atoms with Crippen molar-refractivity contribution in [2.75, 3.05) is 5.73 Å². The predicted molar refractivity (Wildman–Crippen MR) is 66.5 cm³/mol. The summed E-state index contributed by atoms with van der Waals surface area (Å²) in [4.78, 5) is 0. The summed E-state index contributed by atoms with van der Waals surface area (Å²) >= 11 is 6.82. The third-order valence-electron chi connectivity index (χ3n) is 2.03. The van der Waals surface area contributed by atoms with Gasteiger partial charge >= 0.3 is 0 Å². The Hall–Kier alpha value is -0.810. The van der Waals surface area contributed by atoms with Gasteiger partial charge in [-0.25, -0.2) is 0 Å². The van der Waals surface area contributed by atoms with Gasteiger partial charge in [-0.3, -0.25) is 0 Å². The van der Waals surface area contributed by atoms with Gasteiger partial charge in [0.2, 0.25) is 0 Å². The summed E-state index contributed by atoms with van der Waals surface area (Å²) in [6.45, 7) is 2.03. The number of anilines is 1. The van der Waals surface area contributed by atoms with Gasteiger partial charge in [0.25, 0.3) is 0 Å². The van der Waals surface area contributed by atoms with Crippen LogP contribution in [0.4, 0.5) is 5.82 Å².